The van der Waals surface area contributed by atoms with Gasteiger partial charge < -0.3 is 15.6 Å². The summed E-state index contributed by atoms with van der Waals surface area (Å²) in [5.74, 6) is -0.0505. The molecule has 1 aliphatic rings. The number of hydrogen-bond acceptors (Lipinski definition) is 5. The lowest BCUT2D eigenvalue weighted by molar-refractivity contribution is 0.0120. The lowest BCUT2D eigenvalue weighted by Crippen LogP contribution is -2.43. The van der Waals surface area contributed by atoms with Crippen LogP contribution in [-0.2, 0) is 14.8 Å². The third-order valence-electron chi connectivity index (χ3n) is 2.94. The number of amides is 1. The van der Waals surface area contributed by atoms with Crippen molar-refractivity contribution in [1.29, 1.82) is 0 Å². The van der Waals surface area contributed by atoms with E-state index < -0.39 is 22.2 Å². The molecule has 3 N–H and O–H groups in total. The topological polar surface area (TPSA) is 110 Å². The highest BCUT2D eigenvalue weighted by Gasteiger charge is 2.31. The minimum Gasteiger partial charge on any atom is -0.444 e. The molecule has 1 atom stereocenters. The zero-order valence-electron chi connectivity index (χ0n) is 9.70. The second kappa shape index (κ2) is 5.65. The molecule has 100 valence electrons. The predicted molar refractivity (Wildman–Crippen MR) is 60.7 cm³/mol. The predicted octanol–water partition coefficient (Wildman–Crippen LogP) is -0.886. The number of nitrogens with zero attached hydrogens (tertiary/aromatic N) is 1. The van der Waals surface area contributed by atoms with Crippen molar-refractivity contribution < 1.29 is 23.1 Å². The highest BCUT2D eigenvalue weighted by atomic mass is 32.2. The Kier molecular flexibility index (Phi) is 4.72. The van der Waals surface area contributed by atoms with Gasteiger partial charge in [-0.25, -0.2) is 17.5 Å². The SMILES string of the molecule is CS(=O)(=O)N1CCC(C(CO)OC(N)=O)CC1. The molecule has 0 spiro atoms. The van der Waals surface area contributed by atoms with Crippen LogP contribution in [0.5, 0.6) is 0 Å². The molecule has 0 bridgehead atoms. The molecule has 0 aromatic heterocycles. The Morgan fingerprint density at radius 3 is 2.41 bits per heavy atom. The number of sulfonamides is 1. The first-order valence-corrected chi connectivity index (χ1v) is 7.21. The van der Waals surface area contributed by atoms with E-state index in [4.69, 9.17) is 15.6 Å². The van der Waals surface area contributed by atoms with Crippen LogP contribution in [0.2, 0.25) is 0 Å². The van der Waals surface area contributed by atoms with Gasteiger partial charge in [-0.15, -0.1) is 0 Å². The van der Waals surface area contributed by atoms with Gasteiger partial charge in [-0.05, 0) is 12.8 Å². The van der Waals surface area contributed by atoms with Gasteiger partial charge in [0.25, 0.3) is 0 Å². The normalized spacial score (nSPS) is 21.1. The Labute approximate surface area is 101 Å². The third-order valence-corrected chi connectivity index (χ3v) is 4.24. The molecule has 1 saturated heterocycles. The van der Waals surface area contributed by atoms with E-state index in [2.05, 4.69) is 0 Å². The van der Waals surface area contributed by atoms with Crippen LogP contribution in [0.1, 0.15) is 12.8 Å². The van der Waals surface area contributed by atoms with E-state index >= 15 is 0 Å². The zero-order chi connectivity index (χ0) is 13.1. The van der Waals surface area contributed by atoms with Crippen molar-refractivity contribution in [3.8, 4) is 0 Å². The van der Waals surface area contributed by atoms with Gasteiger partial charge in [0, 0.05) is 19.0 Å². The fourth-order valence-corrected chi connectivity index (χ4v) is 2.89. The number of nitrogens with two attached hydrogens (primary N) is 1. The number of piperidine rings is 1. The van der Waals surface area contributed by atoms with E-state index in [-0.39, 0.29) is 12.5 Å². The van der Waals surface area contributed by atoms with Gasteiger partial charge in [-0.3, -0.25) is 0 Å². The van der Waals surface area contributed by atoms with Crippen LogP contribution in [0.4, 0.5) is 4.79 Å². The quantitative estimate of drug-likeness (QED) is 0.686. The number of carbonyl (C=O) groups excluding carboxylic acids is 1. The summed E-state index contributed by atoms with van der Waals surface area (Å²) >= 11 is 0. The van der Waals surface area contributed by atoms with Crippen molar-refractivity contribution in [3.05, 3.63) is 0 Å². The van der Waals surface area contributed by atoms with Crippen LogP contribution in [0, 0.1) is 5.92 Å². The van der Waals surface area contributed by atoms with Crippen LogP contribution >= 0.6 is 0 Å². The lowest BCUT2D eigenvalue weighted by Gasteiger charge is -2.33. The highest BCUT2D eigenvalue weighted by molar-refractivity contribution is 7.88. The van der Waals surface area contributed by atoms with Crippen molar-refractivity contribution in [2.45, 2.75) is 18.9 Å². The molecular formula is C9H18N2O5S. The summed E-state index contributed by atoms with van der Waals surface area (Å²) in [6.45, 7) is 0.455. The summed E-state index contributed by atoms with van der Waals surface area (Å²) in [5, 5.41) is 9.09. The molecule has 0 saturated carbocycles. The van der Waals surface area contributed by atoms with Gasteiger partial charge >= 0.3 is 6.09 Å². The van der Waals surface area contributed by atoms with E-state index in [1.807, 2.05) is 0 Å². The fraction of sp³-hybridized carbons (Fsp3) is 0.889. The Hall–Kier alpha value is -0.860. The van der Waals surface area contributed by atoms with Crippen molar-refractivity contribution in [3.63, 3.8) is 0 Å². The second-order valence-electron chi connectivity index (χ2n) is 4.16. The maximum Gasteiger partial charge on any atom is 0.404 e. The van der Waals surface area contributed by atoms with E-state index in [0.29, 0.717) is 25.9 Å². The third kappa shape index (κ3) is 4.14. The molecule has 1 amide bonds. The van der Waals surface area contributed by atoms with Crippen molar-refractivity contribution in [2.75, 3.05) is 26.0 Å². The standard InChI is InChI=1S/C9H18N2O5S/c1-17(14,15)11-4-2-7(3-5-11)8(6-12)16-9(10)13/h7-8,12H,2-6H2,1H3,(H2,10,13). The largest absolute Gasteiger partial charge is 0.444 e. The van der Waals surface area contributed by atoms with Gasteiger partial charge in [0.15, 0.2) is 0 Å². The summed E-state index contributed by atoms with van der Waals surface area (Å²) in [6.07, 6.45) is 0.692. The molecule has 0 aliphatic carbocycles. The number of rotatable bonds is 4. The first-order chi connectivity index (χ1) is 7.84. The monoisotopic (exact) mass is 266 g/mol. The van der Waals surface area contributed by atoms with Crippen LogP contribution in [0.25, 0.3) is 0 Å². The van der Waals surface area contributed by atoms with E-state index in [1.54, 1.807) is 0 Å². The summed E-state index contributed by atoms with van der Waals surface area (Å²) < 4.78 is 28.7. The Bertz CT molecular complexity index is 362. The Morgan fingerprint density at radius 1 is 1.53 bits per heavy atom. The number of ether oxygens (including phenoxy) is 1. The van der Waals surface area contributed by atoms with Crippen LogP contribution < -0.4 is 5.73 Å². The van der Waals surface area contributed by atoms with Gasteiger partial charge in [-0.1, -0.05) is 0 Å². The van der Waals surface area contributed by atoms with E-state index in [9.17, 15) is 13.2 Å². The number of aliphatic hydroxyl groups is 1. The number of primary amides is 1. The number of hydrogen-bond donors (Lipinski definition) is 2. The molecule has 1 rings (SSSR count). The highest BCUT2D eigenvalue weighted by Crippen LogP contribution is 2.23. The lowest BCUT2D eigenvalue weighted by atomic mass is 9.92. The molecule has 0 aromatic rings. The Balaban J connectivity index is 2.53. The van der Waals surface area contributed by atoms with Gasteiger partial charge in [0.2, 0.25) is 10.0 Å². The van der Waals surface area contributed by atoms with Gasteiger partial charge in [0.05, 0.1) is 12.9 Å². The smallest absolute Gasteiger partial charge is 0.404 e. The van der Waals surface area contributed by atoms with E-state index in [0.717, 1.165) is 6.26 Å². The van der Waals surface area contributed by atoms with Crippen LogP contribution in [0.3, 0.4) is 0 Å². The molecule has 8 heteroatoms. The molecule has 7 nitrogen and oxygen atoms in total. The first-order valence-electron chi connectivity index (χ1n) is 5.36. The second-order valence-corrected chi connectivity index (χ2v) is 6.14. The maximum absolute atomic E-state index is 11.3. The number of carbonyl (C=O) groups is 1. The average molecular weight is 266 g/mol. The average Bonchev–Trinajstić information content (AvgIpc) is 2.24. The maximum atomic E-state index is 11.3. The summed E-state index contributed by atoms with van der Waals surface area (Å²) in [5.41, 5.74) is 4.89. The van der Waals surface area contributed by atoms with Gasteiger partial charge in [-0.2, -0.15) is 0 Å². The first kappa shape index (κ1) is 14.2. The molecule has 1 aliphatic heterocycles. The Morgan fingerprint density at radius 2 is 2.06 bits per heavy atom. The molecule has 1 fully saturated rings. The fourth-order valence-electron chi connectivity index (χ4n) is 2.01. The van der Waals surface area contributed by atoms with Crippen molar-refractivity contribution in [2.24, 2.45) is 11.7 Å². The molecule has 0 aromatic carbocycles. The summed E-state index contributed by atoms with van der Waals surface area (Å²) in [4.78, 5) is 10.6. The molecule has 1 heterocycles. The minimum atomic E-state index is -3.17. The molecular weight excluding hydrogens is 248 g/mol. The molecule has 1 unspecified atom stereocenters. The molecule has 17 heavy (non-hydrogen) atoms. The number of aliphatic hydroxyl groups excluding tert-OH is 1. The van der Waals surface area contributed by atoms with Crippen molar-refractivity contribution >= 4 is 16.1 Å². The van der Waals surface area contributed by atoms with E-state index in [1.165, 1.54) is 4.31 Å². The van der Waals surface area contributed by atoms with Crippen molar-refractivity contribution in [1.82, 2.24) is 4.31 Å². The zero-order valence-corrected chi connectivity index (χ0v) is 10.5. The van der Waals surface area contributed by atoms with Gasteiger partial charge in [0.1, 0.15) is 6.10 Å². The summed E-state index contributed by atoms with van der Waals surface area (Å²) in [6, 6.07) is 0. The molecule has 0 radical (unpaired) electrons. The summed E-state index contributed by atoms with van der Waals surface area (Å²) in [7, 11) is -3.17. The minimum absolute atomic E-state index is 0.0505. The van der Waals surface area contributed by atoms with Crippen LogP contribution in [-0.4, -0.2) is 56.0 Å². The van der Waals surface area contributed by atoms with Crippen LogP contribution in [0.15, 0.2) is 0 Å².